The van der Waals surface area contributed by atoms with Gasteiger partial charge in [-0.1, -0.05) is 30.3 Å². The number of pyridine rings is 1. The largest absolute Gasteiger partial charge is 0.398 e. The molecule has 1 aliphatic rings. The number of benzene rings is 1. The number of aromatic nitrogens is 1. The summed E-state index contributed by atoms with van der Waals surface area (Å²) >= 11 is 0. The molecule has 17 heavy (non-hydrogen) atoms. The van der Waals surface area contributed by atoms with E-state index in [0.29, 0.717) is 0 Å². The van der Waals surface area contributed by atoms with E-state index in [-0.39, 0.29) is 0 Å². The SMILES string of the molecule is Cc1nc2c(c(N)c1-c1ccccc1)CCC2. The molecule has 3 rings (SSSR count). The average molecular weight is 224 g/mol. The van der Waals surface area contributed by atoms with E-state index >= 15 is 0 Å². The summed E-state index contributed by atoms with van der Waals surface area (Å²) in [5.74, 6) is 0. The second kappa shape index (κ2) is 3.88. The molecule has 0 bridgehead atoms. The first-order valence-electron chi connectivity index (χ1n) is 6.10. The fraction of sp³-hybridized carbons (Fsp3) is 0.267. The lowest BCUT2D eigenvalue weighted by atomic mass is 9.99. The predicted molar refractivity (Wildman–Crippen MR) is 70.8 cm³/mol. The van der Waals surface area contributed by atoms with Gasteiger partial charge in [-0.05, 0) is 37.3 Å². The summed E-state index contributed by atoms with van der Waals surface area (Å²) in [6.07, 6.45) is 3.34. The lowest BCUT2D eigenvalue weighted by Crippen LogP contribution is -2.02. The predicted octanol–water partition coefficient (Wildman–Crippen LogP) is 3.13. The minimum atomic E-state index is 0.941. The Labute approximate surface area is 102 Å². The number of anilines is 1. The molecule has 1 heterocycles. The van der Waals surface area contributed by atoms with Crippen LogP contribution in [0.4, 0.5) is 5.69 Å². The lowest BCUT2D eigenvalue weighted by molar-refractivity contribution is 0.897. The number of fused-ring (bicyclic) bond motifs is 1. The first kappa shape index (κ1) is 10.3. The van der Waals surface area contributed by atoms with Crippen molar-refractivity contribution >= 4 is 5.69 Å². The molecule has 0 spiro atoms. The topological polar surface area (TPSA) is 38.9 Å². The molecule has 0 aliphatic heterocycles. The van der Waals surface area contributed by atoms with Crippen LogP contribution in [0.25, 0.3) is 11.1 Å². The Morgan fingerprint density at radius 2 is 1.88 bits per heavy atom. The van der Waals surface area contributed by atoms with Crippen molar-refractivity contribution in [3.63, 3.8) is 0 Å². The van der Waals surface area contributed by atoms with Crippen LogP contribution in [0.1, 0.15) is 23.4 Å². The maximum Gasteiger partial charge on any atom is 0.0475 e. The highest BCUT2D eigenvalue weighted by atomic mass is 14.8. The smallest absolute Gasteiger partial charge is 0.0475 e. The van der Waals surface area contributed by atoms with E-state index in [1.54, 1.807) is 0 Å². The summed E-state index contributed by atoms with van der Waals surface area (Å²) in [5, 5.41) is 0. The Morgan fingerprint density at radius 1 is 1.12 bits per heavy atom. The zero-order valence-electron chi connectivity index (χ0n) is 10.0. The van der Waals surface area contributed by atoms with E-state index in [2.05, 4.69) is 19.1 Å². The normalized spacial score (nSPS) is 13.7. The van der Waals surface area contributed by atoms with Gasteiger partial charge in [0.25, 0.3) is 0 Å². The van der Waals surface area contributed by atoms with Crippen molar-refractivity contribution in [1.29, 1.82) is 0 Å². The maximum absolute atomic E-state index is 6.33. The van der Waals surface area contributed by atoms with Gasteiger partial charge in [-0.25, -0.2) is 0 Å². The number of rotatable bonds is 1. The van der Waals surface area contributed by atoms with Gasteiger partial charge in [0.05, 0.1) is 0 Å². The van der Waals surface area contributed by atoms with Crippen LogP contribution in [0, 0.1) is 6.92 Å². The number of nitrogens with two attached hydrogens (primary N) is 1. The zero-order chi connectivity index (χ0) is 11.8. The minimum Gasteiger partial charge on any atom is -0.398 e. The van der Waals surface area contributed by atoms with Crippen LogP contribution >= 0.6 is 0 Å². The standard InChI is InChI=1S/C15H16N2/c1-10-14(11-6-3-2-4-7-11)15(16)12-8-5-9-13(12)17-10/h2-4,6-7H,5,8-9H2,1H3,(H2,16,17). The van der Waals surface area contributed by atoms with Gasteiger partial charge in [-0.2, -0.15) is 0 Å². The van der Waals surface area contributed by atoms with E-state index in [4.69, 9.17) is 10.7 Å². The molecule has 0 atom stereocenters. The summed E-state index contributed by atoms with van der Waals surface area (Å²) in [7, 11) is 0. The maximum atomic E-state index is 6.33. The third-order valence-corrected chi connectivity index (χ3v) is 3.51. The Balaban J connectivity index is 2.24. The van der Waals surface area contributed by atoms with E-state index in [9.17, 15) is 0 Å². The monoisotopic (exact) mass is 224 g/mol. The molecule has 1 aromatic carbocycles. The fourth-order valence-electron chi connectivity index (χ4n) is 2.71. The second-order valence-electron chi connectivity index (χ2n) is 4.63. The fourth-order valence-corrected chi connectivity index (χ4v) is 2.71. The quantitative estimate of drug-likeness (QED) is 0.808. The van der Waals surface area contributed by atoms with Gasteiger partial charge in [-0.3, -0.25) is 4.98 Å². The second-order valence-corrected chi connectivity index (χ2v) is 4.63. The minimum absolute atomic E-state index is 0.941. The Morgan fingerprint density at radius 3 is 2.65 bits per heavy atom. The lowest BCUT2D eigenvalue weighted by Gasteiger charge is -2.13. The molecular weight excluding hydrogens is 208 g/mol. The van der Waals surface area contributed by atoms with Gasteiger partial charge >= 0.3 is 0 Å². The van der Waals surface area contributed by atoms with Crippen molar-refractivity contribution in [2.75, 3.05) is 5.73 Å². The summed E-state index contributed by atoms with van der Waals surface area (Å²) in [6, 6.07) is 10.3. The van der Waals surface area contributed by atoms with Gasteiger partial charge < -0.3 is 5.73 Å². The van der Waals surface area contributed by atoms with Gasteiger partial charge in [0.2, 0.25) is 0 Å². The van der Waals surface area contributed by atoms with Crippen LogP contribution in [0.15, 0.2) is 30.3 Å². The van der Waals surface area contributed by atoms with Crippen LogP contribution in [-0.4, -0.2) is 4.98 Å². The number of hydrogen-bond acceptors (Lipinski definition) is 2. The van der Waals surface area contributed by atoms with E-state index in [0.717, 1.165) is 29.8 Å². The van der Waals surface area contributed by atoms with Crippen LogP contribution in [0.5, 0.6) is 0 Å². The first-order valence-corrected chi connectivity index (χ1v) is 6.10. The molecule has 0 saturated carbocycles. The zero-order valence-corrected chi connectivity index (χ0v) is 10.0. The summed E-state index contributed by atoms with van der Waals surface area (Å²) in [5.41, 5.74) is 13.1. The molecule has 1 aromatic heterocycles. The van der Waals surface area contributed by atoms with Gasteiger partial charge in [-0.15, -0.1) is 0 Å². The third kappa shape index (κ3) is 1.60. The molecule has 0 saturated heterocycles. The van der Waals surface area contributed by atoms with Crippen LogP contribution in [-0.2, 0) is 12.8 Å². The highest BCUT2D eigenvalue weighted by Gasteiger charge is 2.20. The number of nitrogens with zero attached hydrogens (tertiary/aromatic N) is 1. The van der Waals surface area contributed by atoms with Crippen molar-refractivity contribution in [1.82, 2.24) is 4.98 Å². The molecule has 0 unspecified atom stereocenters. The summed E-state index contributed by atoms with van der Waals surface area (Å²) in [4.78, 5) is 4.71. The molecule has 2 N–H and O–H groups in total. The van der Waals surface area contributed by atoms with Gasteiger partial charge in [0.1, 0.15) is 0 Å². The molecule has 2 aromatic rings. The van der Waals surface area contributed by atoms with Crippen LogP contribution in [0.3, 0.4) is 0 Å². The molecular formula is C15H16N2. The van der Waals surface area contributed by atoms with Crippen molar-refractivity contribution in [3.8, 4) is 11.1 Å². The molecule has 1 aliphatic carbocycles. The highest BCUT2D eigenvalue weighted by molar-refractivity contribution is 5.81. The first-order chi connectivity index (χ1) is 8.27. The van der Waals surface area contributed by atoms with Gasteiger partial charge in [0, 0.05) is 22.6 Å². The van der Waals surface area contributed by atoms with E-state index in [1.807, 2.05) is 18.2 Å². The third-order valence-electron chi connectivity index (χ3n) is 3.51. The van der Waals surface area contributed by atoms with E-state index < -0.39 is 0 Å². The van der Waals surface area contributed by atoms with E-state index in [1.165, 1.54) is 23.2 Å². The Bertz CT molecular complexity index is 559. The van der Waals surface area contributed by atoms with Crippen molar-refractivity contribution < 1.29 is 0 Å². The number of aryl methyl sites for hydroxylation is 2. The molecule has 0 amide bonds. The number of hydrogen-bond donors (Lipinski definition) is 1. The molecule has 0 radical (unpaired) electrons. The van der Waals surface area contributed by atoms with Crippen LogP contribution in [0.2, 0.25) is 0 Å². The van der Waals surface area contributed by atoms with Crippen molar-refractivity contribution in [2.45, 2.75) is 26.2 Å². The van der Waals surface area contributed by atoms with Crippen molar-refractivity contribution in [2.24, 2.45) is 0 Å². The summed E-state index contributed by atoms with van der Waals surface area (Å²) < 4.78 is 0. The molecule has 2 heteroatoms. The molecule has 2 nitrogen and oxygen atoms in total. The Hall–Kier alpha value is -1.83. The number of nitrogen functional groups attached to an aromatic ring is 1. The summed E-state index contributed by atoms with van der Waals surface area (Å²) in [6.45, 7) is 2.05. The molecule has 86 valence electrons. The highest BCUT2D eigenvalue weighted by Crippen LogP contribution is 2.35. The average Bonchev–Trinajstić information content (AvgIpc) is 2.78. The Kier molecular flexibility index (Phi) is 2.36. The van der Waals surface area contributed by atoms with Crippen molar-refractivity contribution in [3.05, 3.63) is 47.3 Å². The molecule has 0 fully saturated rings. The van der Waals surface area contributed by atoms with Crippen LogP contribution < -0.4 is 5.73 Å². The van der Waals surface area contributed by atoms with Gasteiger partial charge in [0.15, 0.2) is 0 Å².